The summed E-state index contributed by atoms with van der Waals surface area (Å²) in [6.07, 6.45) is -0.0408. The van der Waals surface area contributed by atoms with E-state index in [0.717, 1.165) is 9.35 Å². The Hall–Kier alpha value is -1.17. The summed E-state index contributed by atoms with van der Waals surface area (Å²) in [4.78, 5) is 13.0. The van der Waals surface area contributed by atoms with E-state index >= 15 is 0 Å². The molecule has 0 fully saturated rings. The number of carbonyl (C=O) groups is 1. The monoisotopic (exact) mass is 353 g/mol. The Labute approximate surface area is 130 Å². The third-order valence-electron chi connectivity index (χ3n) is 2.94. The van der Waals surface area contributed by atoms with Gasteiger partial charge >= 0.3 is 0 Å². The van der Waals surface area contributed by atoms with Gasteiger partial charge in [0.05, 0.1) is 11.7 Å². The number of halogens is 1. The first-order valence-corrected chi connectivity index (χ1v) is 8.02. The predicted octanol–water partition coefficient (Wildman–Crippen LogP) is 3.75. The normalized spacial score (nSPS) is 13.8. The minimum Gasteiger partial charge on any atom is -0.387 e. The third kappa shape index (κ3) is 3.91. The van der Waals surface area contributed by atoms with E-state index in [1.807, 2.05) is 42.6 Å². The first-order chi connectivity index (χ1) is 9.58. The molecule has 0 saturated heterocycles. The van der Waals surface area contributed by atoms with Gasteiger partial charge in [-0.15, -0.1) is 11.3 Å². The molecule has 0 aliphatic rings. The van der Waals surface area contributed by atoms with Crippen LogP contribution in [0.1, 0.15) is 34.7 Å². The summed E-state index contributed by atoms with van der Waals surface area (Å²) in [5, 5.41) is 14.9. The molecule has 5 heteroatoms. The molecule has 0 bridgehead atoms. The SMILES string of the molecule is C[C@H](C[C@@H](O)c1cccs1)NC(=O)c1ccccc1Br. The predicted molar refractivity (Wildman–Crippen MR) is 85.0 cm³/mol. The van der Waals surface area contributed by atoms with Crippen molar-refractivity contribution in [1.82, 2.24) is 5.32 Å². The zero-order valence-corrected chi connectivity index (χ0v) is 13.4. The van der Waals surface area contributed by atoms with Crippen LogP contribution in [-0.2, 0) is 0 Å². The van der Waals surface area contributed by atoms with Crippen molar-refractivity contribution in [1.29, 1.82) is 0 Å². The van der Waals surface area contributed by atoms with Gasteiger partial charge in [-0.3, -0.25) is 4.79 Å². The molecule has 106 valence electrons. The minimum absolute atomic E-state index is 0.105. The van der Waals surface area contributed by atoms with E-state index in [1.165, 1.54) is 11.3 Å². The maximum Gasteiger partial charge on any atom is 0.252 e. The molecule has 2 atom stereocenters. The smallest absolute Gasteiger partial charge is 0.252 e. The highest BCUT2D eigenvalue weighted by atomic mass is 79.9. The lowest BCUT2D eigenvalue weighted by Gasteiger charge is -2.17. The molecule has 1 heterocycles. The molecule has 1 aromatic carbocycles. The van der Waals surface area contributed by atoms with Crippen LogP contribution in [-0.4, -0.2) is 17.1 Å². The average molecular weight is 354 g/mol. The second-order valence-electron chi connectivity index (χ2n) is 4.62. The van der Waals surface area contributed by atoms with E-state index in [4.69, 9.17) is 0 Å². The van der Waals surface area contributed by atoms with Crippen molar-refractivity contribution in [3.05, 3.63) is 56.7 Å². The Kier molecular flexibility index (Phi) is 5.34. The summed E-state index contributed by atoms with van der Waals surface area (Å²) in [5.74, 6) is -0.136. The van der Waals surface area contributed by atoms with Crippen LogP contribution in [0.25, 0.3) is 0 Å². The van der Waals surface area contributed by atoms with Gasteiger partial charge in [-0.2, -0.15) is 0 Å². The van der Waals surface area contributed by atoms with Gasteiger partial charge in [-0.05, 0) is 52.9 Å². The fourth-order valence-corrected chi connectivity index (χ4v) is 3.13. The van der Waals surface area contributed by atoms with Gasteiger partial charge in [0.1, 0.15) is 0 Å². The topological polar surface area (TPSA) is 49.3 Å². The zero-order valence-electron chi connectivity index (χ0n) is 11.0. The number of amides is 1. The molecule has 2 aromatic rings. The molecular weight excluding hydrogens is 338 g/mol. The molecule has 2 N–H and O–H groups in total. The van der Waals surface area contributed by atoms with Crippen LogP contribution in [0.3, 0.4) is 0 Å². The number of benzene rings is 1. The summed E-state index contributed by atoms with van der Waals surface area (Å²) in [6, 6.07) is 11.0. The number of thiophene rings is 1. The van der Waals surface area contributed by atoms with E-state index in [0.29, 0.717) is 12.0 Å². The lowest BCUT2D eigenvalue weighted by molar-refractivity contribution is 0.0917. The summed E-state index contributed by atoms with van der Waals surface area (Å²) >= 11 is 4.88. The number of rotatable bonds is 5. The molecule has 0 aliphatic heterocycles. The molecule has 0 unspecified atom stereocenters. The van der Waals surface area contributed by atoms with Gasteiger partial charge in [0.25, 0.3) is 5.91 Å². The third-order valence-corrected chi connectivity index (χ3v) is 4.61. The molecule has 3 nitrogen and oxygen atoms in total. The van der Waals surface area contributed by atoms with Crippen LogP contribution in [0.5, 0.6) is 0 Å². The largest absolute Gasteiger partial charge is 0.387 e. The maximum absolute atomic E-state index is 12.1. The van der Waals surface area contributed by atoms with Crippen LogP contribution in [0, 0.1) is 0 Å². The maximum atomic E-state index is 12.1. The van der Waals surface area contributed by atoms with Gasteiger partial charge in [-0.1, -0.05) is 18.2 Å². The summed E-state index contributed by atoms with van der Waals surface area (Å²) < 4.78 is 0.767. The van der Waals surface area contributed by atoms with Crippen molar-refractivity contribution >= 4 is 33.2 Å². The van der Waals surface area contributed by atoms with Crippen molar-refractivity contribution in [2.24, 2.45) is 0 Å². The van der Waals surface area contributed by atoms with E-state index in [9.17, 15) is 9.90 Å². The standard InChI is InChI=1S/C15H16BrNO2S/c1-10(9-13(18)14-7-4-8-20-14)17-15(19)11-5-2-3-6-12(11)16/h2-8,10,13,18H,9H2,1H3,(H,17,19)/t10-,13-/m1/s1. The Balaban J connectivity index is 1.93. The van der Waals surface area contributed by atoms with E-state index < -0.39 is 6.10 Å². The molecule has 2 rings (SSSR count). The Morgan fingerprint density at radius 3 is 2.75 bits per heavy atom. The van der Waals surface area contributed by atoms with Crippen LogP contribution in [0.2, 0.25) is 0 Å². The quantitative estimate of drug-likeness (QED) is 0.859. The molecule has 0 radical (unpaired) electrons. The zero-order chi connectivity index (χ0) is 14.5. The molecule has 0 aliphatic carbocycles. The fourth-order valence-electron chi connectivity index (χ4n) is 1.94. The van der Waals surface area contributed by atoms with Crippen LogP contribution >= 0.6 is 27.3 Å². The molecule has 1 amide bonds. The van der Waals surface area contributed by atoms with E-state index in [2.05, 4.69) is 21.2 Å². The van der Waals surface area contributed by atoms with Gasteiger partial charge < -0.3 is 10.4 Å². The van der Waals surface area contributed by atoms with Crippen molar-refractivity contribution in [3.63, 3.8) is 0 Å². The number of hydrogen-bond donors (Lipinski definition) is 2. The Bertz CT molecular complexity index is 571. The van der Waals surface area contributed by atoms with Gasteiger partial charge in [-0.25, -0.2) is 0 Å². The first-order valence-electron chi connectivity index (χ1n) is 6.35. The second kappa shape index (κ2) is 7.02. The van der Waals surface area contributed by atoms with Crippen LogP contribution in [0.15, 0.2) is 46.3 Å². The molecular formula is C15H16BrNO2S. The lowest BCUT2D eigenvalue weighted by atomic mass is 10.1. The highest BCUT2D eigenvalue weighted by Crippen LogP contribution is 2.23. The minimum atomic E-state index is -0.537. The molecule has 0 spiro atoms. The van der Waals surface area contributed by atoms with Crippen molar-refractivity contribution in [3.8, 4) is 0 Å². The summed E-state index contributed by atoms with van der Waals surface area (Å²) in [5.41, 5.74) is 0.602. The second-order valence-corrected chi connectivity index (χ2v) is 6.45. The van der Waals surface area contributed by atoms with E-state index in [1.54, 1.807) is 6.07 Å². The highest BCUT2D eigenvalue weighted by Gasteiger charge is 2.16. The average Bonchev–Trinajstić information content (AvgIpc) is 2.92. The number of hydrogen-bond acceptors (Lipinski definition) is 3. The number of nitrogens with one attached hydrogen (secondary N) is 1. The van der Waals surface area contributed by atoms with Crippen molar-refractivity contribution in [2.45, 2.75) is 25.5 Å². The molecule has 20 heavy (non-hydrogen) atoms. The van der Waals surface area contributed by atoms with Crippen LogP contribution < -0.4 is 5.32 Å². The van der Waals surface area contributed by atoms with Gasteiger partial charge in [0.2, 0.25) is 0 Å². The number of aliphatic hydroxyl groups is 1. The number of carbonyl (C=O) groups excluding carboxylic acids is 1. The fraction of sp³-hybridized carbons (Fsp3) is 0.267. The van der Waals surface area contributed by atoms with Gasteiger partial charge in [0, 0.05) is 15.4 Å². The molecule has 1 aromatic heterocycles. The van der Waals surface area contributed by atoms with Crippen LogP contribution in [0.4, 0.5) is 0 Å². The summed E-state index contributed by atoms with van der Waals surface area (Å²) in [7, 11) is 0. The molecule has 0 saturated carbocycles. The highest BCUT2D eigenvalue weighted by molar-refractivity contribution is 9.10. The first kappa shape index (κ1) is 15.2. The van der Waals surface area contributed by atoms with Crippen molar-refractivity contribution < 1.29 is 9.90 Å². The van der Waals surface area contributed by atoms with Crippen molar-refractivity contribution in [2.75, 3.05) is 0 Å². The number of aliphatic hydroxyl groups excluding tert-OH is 1. The summed E-state index contributed by atoms with van der Waals surface area (Å²) in [6.45, 7) is 1.89. The lowest BCUT2D eigenvalue weighted by Crippen LogP contribution is -2.33. The Morgan fingerprint density at radius 2 is 2.10 bits per heavy atom. The van der Waals surface area contributed by atoms with Gasteiger partial charge in [0.15, 0.2) is 0 Å². The van der Waals surface area contributed by atoms with E-state index in [-0.39, 0.29) is 11.9 Å². The Morgan fingerprint density at radius 1 is 1.35 bits per heavy atom.